The second-order valence-electron chi connectivity index (χ2n) is 20.0. The molecule has 1 aromatic heterocycles. The van der Waals surface area contributed by atoms with Crippen LogP contribution in [0.25, 0.3) is 10.9 Å². The van der Waals surface area contributed by atoms with Gasteiger partial charge < -0.3 is 63.1 Å². The van der Waals surface area contributed by atoms with Gasteiger partial charge in [-0.05, 0) is 68.4 Å². The van der Waals surface area contributed by atoms with Gasteiger partial charge in [-0.3, -0.25) is 57.5 Å². The number of aromatic nitrogens is 1. The Balaban J connectivity index is 1.48. The summed E-state index contributed by atoms with van der Waals surface area (Å²) in [5.74, 6) is -9.03. The molecule has 2 aromatic rings. The molecule has 24 heteroatoms. The van der Waals surface area contributed by atoms with Crippen LogP contribution in [0.3, 0.4) is 0 Å². The second kappa shape index (κ2) is 29.6. The number of carbonyl (C=O) groups excluding carboxylic acids is 12. The zero-order valence-electron chi connectivity index (χ0n) is 44.8. The number of unbranched alkanes of at least 4 members (excludes halogenated alkanes) is 1. The summed E-state index contributed by atoms with van der Waals surface area (Å²) < 4.78 is 0. The summed E-state index contributed by atoms with van der Waals surface area (Å²) in [6.45, 7) is 9.89. The molecule has 0 saturated carbocycles. The Morgan fingerprint density at radius 2 is 1.36 bits per heavy atom. The van der Waals surface area contributed by atoms with E-state index in [0.717, 1.165) is 16.5 Å². The average molecular weight is 1060 g/mol. The van der Waals surface area contributed by atoms with Crippen LogP contribution >= 0.6 is 0 Å². The number of para-hydroxylation sites is 1. The fourth-order valence-electron chi connectivity index (χ4n) is 9.34. The minimum Gasteiger partial charge on any atom is -0.368 e. The highest BCUT2D eigenvalue weighted by atomic mass is 16.2. The van der Waals surface area contributed by atoms with Crippen molar-refractivity contribution in [1.82, 2.24) is 57.3 Å². The molecular weight excluding hydrogens is 985 g/mol. The van der Waals surface area contributed by atoms with E-state index < -0.39 is 132 Å². The number of hydrogen-bond acceptors (Lipinski definition) is 12. The number of ketones is 1. The first-order valence-corrected chi connectivity index (χ1v) is 26.3. The summed E-state index contributed by atoms with van der Waals surface area (Å²) in [6, 6.07) is -0.586. The topological polar surface area (TPSA) is 349 Å². The normalized spacial score (nSPS) is 17.5. The van der Waals surface area contributed by atoms with E-state index in [1.807, 2.05) is 52.0 Å². The summed E-state index contributed by atoms with van der Waals surface area (Å²) in [5, 5.41) is 21.5. The third-order valence-corrected chi connectivity index (χ3v) is 13.8. The van der Waals surface area contributed by atoms with Crippen molar-refractivity contribution >= 4 is 81.7 Å². The van der Waals surface area contributed by atoms with Crippen molar-refractivity contribution in [2.24, 2.45) is 17.6 Å². The molecule has 3 heterocycles. The Hall–Kier alpha value is -7.40. The monoisotopic (exact) mass is 1060 g/mol. The Bertz CT molecular complexity index is 2440. The van der Waals surface area contributed by atoms with Gasteiger partial charge in [0.1, 0.15) is 42.3 Å². The number of aromatic amines is 1. The van der Waals surface area contributed by atoms with Crippen LogP contribution in [-0.4, -0.2) is 161 Å². The number of carbonyl (C=O) groups is 12. The highest BCUT2D eigenvalue weighted by molar-refractivity contribution is 6.36. The molecule has 2 aliphatic rings. The molecule has 0 aliphatic carbocycles. The van der Waals surface area contributed by atoms with Gasteiger partial charge in [-0.25, -0.2) is 0 Å². The van der Waals surface area contributed by atoms with Crippen molar-refractivity contribution in [3.05, 3.63) is 36.0 Å². The van der Waals surface area contributed by atoms with Gasteiger partial charge in [0.05, 0.1) is 13.1 Å². The summed E-state index contributed by atoms with van der Waals surface area (Å²) in [6.07, 6.45) is 4.25. The first kappa shape index (κ1) is 61.1. The third kappa shape index (κ3) is 17.6. The number of fused-ring (bicyclic) bond motifs is 1. The molecular formula is C52H78N12O12. The standard InChI is InChI=1S/C52H78N12O12/c1-8-10-16-35(59-46(70)36(20-21-41(66)50(74)54-7)58-42(67)27-57-48(72)39-18-13-22-63(39)43(68)28-55-31(6)65)47(71)62-44(30(5)9-2)51(75)61-38(24-29(3)4)52(76)64-23-14-19-40(64)49(73)60-37(45(53)69)25-32-26-56-34-17-12-11-15-33(32)34/h11-12,15,17,26,29-30,35-40,44,56H,8-10,13-14,16,18-25,27-28H2,1-7H3,(H2,53,69)(H,54,74)(H,55,65)(H,57,72)(H,58,67)(H,59,70)(H,60,73)(H,61,75)(H,62,71)/t30?,35-,36-,37-,38-,39-,40-,44-/m0/s1. The van der Waals surface area contributed by atoms with Gasteiger partial charge in [0.2, 0.25) is 64.9 Å². The number of rotatable bonds is 29. The lowest BCUT2D eigenvalue weighted by Crippen LogP contribution is -2.61. The van der Waals surface area contributed by atoms with Crippen molar-refractivity contribution < 1.29 is 57.5 Å². The number of likely N-dealkylation sites (N-methyl/N-ethyl adjacent to an activating group) is 1. The van der Waals surface area contributed by atoms with Gasteiger partial charge in [-0.1, -0.05) is 72.1 Å². The molecule has 1 unspecified atom stereocenters. The van der Waals surface area contributed by atoms with Crippen molar-refractivity contribution in [3.63, 3.8) is 0 Å². The van der Waals surface area contributed by atoms with Gasteiger partial charge in [0, 0.05) is 57.0 Å². The lowest BCUT2D eigenvalue weighted by Gasteiger charge is -2.32. The third-order valence-electron chi connectivity index (χ3n) is 13.8. The van der Waals surface area contributed by atoms with E-state index in [1.54, 1.807) is 13.1 Å². The van der Waals surface area contributed by atoms with E-state index in [9.17, 15) is 57.5 Å². The maximum atomic E-state index is 14.5. The Morgan fingerprint density at radius 1 is 0.724 bits per heavy atom. The number of H-pyrrole nitrogens is 1. The number of likely N-dealkylation sites (tertiary alicyclic amines) is 2. The summed E-state index contributed by atoms with van der Waals surface area (Å²) in [7, 11) is 1.25. The number of hydrogen-bond donors (Lipinski definition) is 10. The highest BCUT2D eigenvalue weighted by Crippen LogP contribution is 2.23. The SMILES string of the molecule is CCCC[C@H](NC(=O)[C@H](CCC(=O)C(=O)NC)NC(=O)CNC(=O)[C@@H]1CCCN1C(=O)CNC(C)=O)C(=O)N[C@H](C(=O)N[C@@H](CC(C)C)C(=O)N1CCC[C@H]1C(=O)N[C@@H](Cc1c[nH]c2ccccc12)C(N)=O)C(C)CC. The number of primary amides is 1. The highest BCUT2D eigenvalue weighted by Gasteiger charge is 2.41. The van der Waals surface area contributed by atoms with Gasteiger partial charge in [-0.15, -0.1) is 0 Å². The minimum absolute atomic E-state index is 0.0840. The largest absolute Gasteiger partial charge is 0.368 e. The van der Waals surface area contributed by atoms with Gasteiger partial charge >= 0.3 is 0 Å². The quantitative estimate of drug-likeness (QED) is 0.0450. The van der Waals surface area contributed by atoms with Crippen LogP contribution in [0.2, 0.25) is 0 Å². The van der Waals surface area contributed by atoms with Crippen LogP contribution in [-0.2, 0) is 64.0 Å². The smallest absolute Gasteiger partial charge is 0.287 e. The summed E-state index contributed by atoms with van der Waals surface area (Å²) in [5.41, 5.74) is 7.40. The molecule has 76 heavy (non-hydrogen) atoms. The first-order valence-electron chi connectivity index (χ1n) is 26.3. The van der Waals surface area contributed by atoms with Gasteiger partial charge in [0.25, 0.3) is 5.91 Å². The van der Waals surface area contributed by atoms with Crippen molar-refractivity contribution in [2.45, 2.75) is 161 Å². The predicted octanol–water partition coefficient (Wildman–Crippen LogP) is -0.768. The Labute approximate surface area is 443 Å². The van der Waals surface area contributed by atoms with E-state index in [-0.39, 0.29) is 51.2 Å². The fourth-order valence-corrected chi connectivity index (χ4v) is 9.34. The molecule has 4 rings (SSSR count). The lowest BCUT2D eigenvalue weighted by atomic mass is 9.95. The number of nitrogens with two attached hydrogens (primary N) is 1. The minimum atomic E-state index is -1.49. The van der Waals surface area contributed by atoms with E-state index in [1.165, 1.54) is 23.8 Å². The molecule has 0 radical (unpaired) electrons. The van der Waals surface area contributed by atoms with Crippen LogP contribution < -0.4 is 48.3 Å². The van der Waals surface area contributed by atoms with Crippen LogP contribution in [0.5, 0.6) is 0 Å². The molecule has 11 amide bonds. The predicted molar refractivity (Wildman–Crippen MR) is 279 cm³/mol. The van der Waals surface area contributed by atoms with E-state index in [2.05, 4.69) is 47.5 Å². The number of amides is 11. The molecule has 11 N–H and O–H groups in total. The van der Waals surface area contributed by atoms with Crippen molar-refractivity contribution in [1.29, 1.82) is 0 Å². The van der Waals surface area contributed by atoms with Crippen LogP contribution in [0.1, 0.15) is 118 Å². The molecule has 2 fully saturated rings. The Morgan fingerprint density at radius 3 is 1.99 bits per heavy atom. The number of benzene rings is 1. The zero-order chi connectivity index (χ0) is 56.2. The van der Waals surface area contributed by atoms with E-state index in [0.29, 0.717) is 44.9 Å². The van der Waals surface area contributed by atoms with Crippen LogP contribution in [0, 0.1) is 11.8 Å². The molecule has 0 spiro atoms. The van der Waals surface area contributed by atoms with Crippen molar-refractivity contribution in [2.75, 3.05) is 33.2 Å². The average Bonchev–Trinajstić information content (AvgIpc) is 4.19. The van der Waals surface area contributed by atoms with E-state index in [4.69, 9.17) is 5.73 Å². The van der Waals surface area contributed by atoms with Crippen LogP contribution in [0.4, 0.5) is 0 Å². The van der Waals surface area contributed by atoms with E-state index >= 15 is 0 Å². The number of Topliss-reactive ketones (excluding diaryl/α,β-unsaturated/α-hetero) is 1. The fraction of sp³-hybridized carbons (Fsp3) is 0.615. The van der Waals surface area contributed by atoms with Gasteiger partial charge in [-0.2, -0.15) is 0 Å². The number of nitrogens with one attached hydrogen (secondary N) is 9. The van der Waals surface area contributed by atoms with Crippen molar-refractivity contribution in [3.8, 4) is 0 Å². The maximum absolute atomic E-state index is 14.5. The molecule has 418 valence electrons. The summed E-state index contributed by atoms with van der Waals surface area (Å²) in [4.78, 5) is 165. The lowest BCUT2D eigenvalue weighted by molar-refractivity contribution is -0.143. The molecule has 1 aromatic carbocycles. The first-order chi connectivity index (χ1) is 36.1. The maximum Gasteiger partial charge on any atom is 0.287 e. The molecule has 2 aliphatic heterocycles. The Kier molecular flexibility index (Phi) is 23.8. The molecule has 24 nitrogen and oxygen atoms in total. The van der Waals surface area contributed by atoms with Crippen LogP contribution in [0.15, 0.2) is 30.5 Å². The summed E-state index contributed by atoms with van der Waals surface area (Å²) >= 11 is 0. The molecule has 0 bridgehead atoms. The number of nitrogens with zero attached hydrogens (tertiary/aromatic N) is 2. The van der Waals surface area contributed by atoms with Gasteiger partial charge in [0.15, 0.2) is 0 Å². The zero-order valence-corrected chi connectivity index (χ0v) is 44.8. The molecule has 2 saturated heterocycles. The molecule has 8 atom stereocenters. The second-order valence-corrected chi connectivity index (χ2v) is 20.0.